The van der Waals surface area contributed by atoms with Crippen LogP contribution in [0.3, 0.4) is 0 Å². The van der Waals surface area contributed by atoms with Gasteiger partial charge >= 0.3 is 0 Å². The molecule has 1 amide bonds. The maximum atomic E-state index is 12.2. The molecule has 0 saturated carbocycles. The Kier molecular flexibility index (Phi) is 4.27. The van der Waals surface area contributed by atoms with Crippen LogP contribution in [-0.2, 0) is 18.3 Å². The van der Waals surface area contributed by atoms with Crippen molar-refractivity contribution in [1.29, 1.82) is 0 Å². The minimum Gasteiger partial charge on any atom is -0.342 e. The summed E-state index contributed by atoms with van der Waals surface area (Å²) in [7, 11) is 1.96. The Morgan fingerprint density at radius 1 is 1.42 bits per heavy atom. The van der Waals surface area contributed by atoms with Crippen LogP contribution in [0.4, 0.5) is 0 Å². The molecule has 0 aliphatic carbocycles. The van der Waals surface area contributed by atoms with Gasteiger partial charge in [-0.2, -0.15) is 5.10 Å². The van der Waals surface area contributed by atoms with Crippen molar-refractivity contribution in [3.05, 3.63) is 17.0 Å². The lowest BCUT2D eigenvalue weighted by Crippen LogP contribution is -2.39. The number of rotatable bonds is 3. The largest absolute Gasteiger partial charge is 0.342 e. The van der Waals surface area contributed by atoms with Gasteiger partial charge in [0.2, 0.25) is 5.91 Å². The monoisotopic (exact) mass is 263 g/mol. The average Bonchev–Trinajstić information content (AvgIpc) is 2.61. The molecule has 1 aliphatic heterocycles. The first-order chi connectivity index (χ1) is 8.99. The zero-order valence-corrected chi connectivity index (χ0v) is 12.6. The van der Waals surface area contributed by atoms with Crippen LogP contribution in [0.2, 0.25) is 0 Å². The van der Waals surface area contributed by atoms with Crippen molar-refractivity contribution >= 4 is 5.91 Å². The van der Waals surface area contributed by atoms with Gasteiger partial charge in [0.15, 0.2) is 0 Å². The molecule has 1 aromatic heterocycles. The van der Waals surface area contributed by atoms with Gasteiger partial charge in [-0.3, -0.25) is 9.48 Å². The topological polar surface area (TPSA) is 38.1 Å². The molecule has 1 unspecified atom stereocenters. The predicted molar refractivity (Wildman–Crippen MR) is 76.0 cm³/mol. The van der Waals surface area contributed by atoms with Crippen molar-refractivity contribution in [2.45, 2.75) is 46.5 Å². The van der Waals surface area contributed by atoms with Crippen molar-refractivity contribution in [3.8, 4) is 0 Å². The number of aryl methyl sites for hydroxylation is 2. The Balaban J connectivity index is 1.93. The second-order valence-corrected chi connectivity index (χ2v) is 5.86. The van der Waals surface area contributed by atoms with Crippen LogP contribution < -0.4 is 0 Å². The molecule has 1 aliphatic rings. The van der Waals surface area contributed by atoms with Crippen molar-refractivity contribution in [2.24, 2.45) is 13.0 Å². The van der Waals surface area contributed by atoms with Gasteiger partial charge in [0.05, 0.1) is 5.69 Å². The number of carbonyl (C=O) groups is 1. The lowest BCUT2D eigenvalue weighted by molar-refractivity contribution is -0.132. The van der Waals surface area contributed by atoms with Crippen molar-refractivity contribution in [3.63, 3.8) is 0 Å². The fourth-order valence-corrected chi connectivity index (χ4v) is 2.99. The average molecular weight is 263 g/mol. The van der Waals surface area contributed by atoms with Gasteiger partial charge in [0.25, 0.3) is 0 Å². The summed E-state index contributed by atoms with van der Waals surface area (Å²) < 4.78 is 1.90. The van der Waals surface area contributed by atoms with Crippen LogP contribution in [0.15, 0.2) is 0 Å². The second kappa shape index (κ2) is 5.76. The highest BCUT2D eigenvalue weighted by molar-refractivity contribution is 5.76. The summed E-state index contributed by atoms with van der Waals surface area (Å²) in [6.45, 7) is 8.20. The van der Waals surface area contributed by atoms with E-state index in [4.69, 9.17) is 0 Å². The van der Waals surface area contributed by atoms with E-state index in [9.17, 15) is 4.79 Å². The Hall–Kier alpha value is -1.32. The van der Waals surface area contributed by atoms with E-state index in [0.717, 1.165) is 31.6 Å². The number of aromatic nitrogens is 2. The summed E-state index contributed by atoms with van der Waals surface area (Å²) in [5.41, 5.74) is 3.47. The van der Waals surface area contributed by atoms with Crippen LogP contribution in [0.5, 0.6) is 0 Å². The Morgan fingerprint density at radius 2 is 2.16 bits per heavy atom. The van der Waals surface area contributed by atoms with Crippen LogP contribution in [0, 0.1) is 19.8 Å². The Morgan fingerprint density at radius 3 is 2.74 bits per heavy atom. The number of hydrogen-bond donors (Lipinski definition) is 0. The molecule has 0 radical (unpaired) electrons. The highest BCUT2D eigenvalue weighted by atomic mass is 16.2. The number of amides is 1. The lowest BCUT2D eigenvalue weighted by Gasteiger charge is -2.31. The zero-order valence-electron chi connectivity index (χ0n) is 12.6. The number of hydrogen-bond acceptors (Lipinski definition) is 2. The number of likely N-dealkylation sites (tertiary alicyclic amines) is 1. The summed E-state index contributed by atoms with van der Waals surface area (Å²) in [6.07, 6.45) is 3.83. The highest BCUT2D eigenvalue weighted by Crippen LogP contribution is 2.18. The van der Waals surface area contributed by atoms with Gasteiger partial charge in [0.1, 0.15) is 0 Å². The molecular weight excluding hydrogens is 238 g/mol. The number of piperidine rings is 1. The van der Waals surface area contributed by atoms with E-state index >= 15 is 0 Å². The minimum absolute atomic E-state index is 0.300. The summed E-state index contributed by atoms with van der Waals surface area (Å²) >= 11 is 0. The normalized spacial score (nSPS) is 19.8. The SMILES string of the molecule is Cc1nn(C)c(C)c1CCC(=O)N1CCCC(C)C1. The quantitative estimate of drug-likeness (QED) is 0.838. The van der Waals surface area contributed by atoms with Crippen LogP contribution in [0.25, 0.3) is 0 Å². The number of carbonyl (C=O) groups excluding carboxylic acids is 1. The molecule has 19 heavy (non-hydrogen) atoms. The molecule has 1 fully saturated rings. The highest BCUT2D eigenvalue weighted by Gasteiger charge is 2.21. The molecule has 0 N–H and O–H groups in total. The zero-order chi connectivity index (χ0) is 14.0. The summed E-state index contributed by atoms with van der Waals surface area (Å²) in [5.74, 6) is 0.953. The fourth-order valence-electron chi connectivity index (χ4n) is 2.99. The lowest BCUT2D eigenvalue weighted by atomic mass is 9.99. The Bertz CT molecular complexity index is 464. The Labute approximate surface area is 115 Å². The smallest absolute Gasteiger partial charge is 0.222 e. The minimum atomic E-state index is 0.300. The van der Waals surface area contributed by atoms with Gasteiger partial charge < -0.3 is 4.90 Å². The van der Waals surface area contributed by atoms with E-state index in [-0.39, 0.29) is 0 Å². The molecule has 1 atom stereocenters. The molecular formula is C15H25N3O. The van der Waals surface area contributed by atoms with E-state index in [2.05, 4.69) is 18.9 Å². The van der Waals surface area contributed by atoms with E-state index < -0.39 is 0 Å². The van der Waals surface area contributed by atoms with Crippen LogP contribution >= 0.6 is 0 Å². The molecule has 0 spiro atoms. The van der Waals surface area contributed by atoms with Gasteiger partial charge in [-0.1, -0.05) is 6.92 Å². The molecule has 106 valence electrons. The van der Waals surface area contributed by atoms with E-state index in [0.29, 0.717) is 18.2 Å². The van der Waals surface area contributed by atoms with Gasteiger partial charge in [-0.25, -0.2) is 0 Å². The van der Waals surface area contributed by atoms with Crippen molar-refractivity contribution in [1.82, 2.24) is 14.7 Å². The standard InChI is InChI=1S/C15H25N3O/c1-11-6-5-9-18(10-11)15(19)8-7-14-12(2)16-17(4)13(14)3/h11H,5-10H2,1-4H3. The van der Waals surface area contributed by atoms with Crippen molar-refractivity contribution < 1.29 is 4.79 Å². The van der Waals surface area contributed by atoms with E-state index in [1.165, 1.54) is 17.7 Å². The third-order valence-electron chi connectivity index (χ3n) is 4.26. The fraction of sp³-hybridized carbons (Fsp3) is 0.733. The second-order valence-electron chi connectivity index (χ2n) is 5.86. The third-order valence-corrected chi connectivity index (χ3v) is 4.26. The van der Waals surface area contributed by atoms with Crippen LogP contribution in [0.1, 0.15) is 43.1 Å². The molecule has 0 bridgehead atoms. The van der Waals surface area contributed by atoms with Gasteiger partial charge in [0, 0.05) is 32.3 Å². The van der Waals surface area contributed by atoms with Gasteiger partial charge in [-0.05, 0) is 44.6 Å². The van der Waals surface area contributed by atoms with Crippen LogP contribution in [-0.4, -0.2) is 33.7 Å². The molecule has 2 rings (SSSR count). The van der Waals surface area contributed by atoms with E-state index in [1.807, 2.05) is 23.6 Å². The maximum absolute atomic E-state index is 12.2. The third kappa shape index (κ3) is 3.17. The molecule has 4 nitrogen and oxygen atoms in total. The predicted octanol–water partition coefficient (Wildman–Crippen LogP) is 2.23. The van der Waals surface area contributed by atoms with Crippen molar-refractivity contribution in [2.75, 3.05) is 13.1 Å². The molecule has 1 aromatic rings. The van der Waals surface area contributed by atoms with E-state index in [1.54, 1.807) is 0 Å². The first-order valence-corrected chi connectivity index (χ1v) is 7.26. The first kappa shape index (κ1) is 14.1. The first-order valence-electron chi connectivity index (χ1n) is 7.26. The summed E-state index contributed by atoms with van der Waals surface area (Å²) in [5, 5.41) is 4.40. The molecule has 0 aromatic carbocycles. The summed E-state index contributed by atoms with van der Waals surface area (Å²) in [6, 6.07) is 0. The summed E-state index contributed by atoms with van der Waals surface area (Å²) in [4.78, 5) is 14.3. The van der Waals surface area contributed by atoms with Gasteiger partial charge in [-0.15, -0.1) is 0 Å². The maximum Gasteiger partial charge on any atom is 0.222 e. The molecule has 1 saturated heterocycles. The molecule has 2 heterocycles. The number of nitrogens with zero attached hydrogens (tertiary/aromatic N) is 3. The molecule has 4 heteroatoms.